The summed E-state index contributed by atoms with van der Waals surface area (Å²) in [6.45, 7) is 13.9. The molecule has 1 fully saturated rings. The highest BCUT2D eigenvalue weighted by Gasteiger charge is 2.28. The third-order valence-corrected chi connectivity index (χ3v) is 4.86. The smallest absolute Gasteiger partial charge is 0.138 e. The Morgan fingerprint density at radius 1 is 1.10 bits per heavy atom. The summed E-state index contributed by atoms with van der Waals surface area (Å²) in [4.78, 5) is 4.83. The third kappa shape index (κ3) is 4.05. The van der Waals surface area contributed by atoms with Crippen LogP contribution in [0.1, 0.15) is 43.7 Å². The fraction of sp³-hybridized carbons (Fsp3) is 0.812. The Morgan fingerprint density at radius 3 is 2.14 bits per heavy atom. The minimum atomic E-state index is -0.524. The lowest BCUT2D eigenvalue weighted by molar-refractivity contribution is -0.0162. The van der Waals surface area contributed by atoms with Crippen molar-refractivity contribution in [2.45, 2.75) is 52.7 Å². The van der Waals surface area contributed by atoms with Gasteiger partial charge in [-0.3, -0.25) is 9.80 Å². The van der Waals surface area contributed by atoms with E-state index in [2.05, 4.69) is 28.8 Å². The van der Waals surface area contributed by atoms with Gasteiger partial charge in [-0.15, -0.1) is 0 Å². The second-order valence-electron chi connectivity index (χ2n) is 6.29. The maximum atomic E-state index is 10.5. The molecule has 1 saturated heterocycles. The topological polar surface area (TPSA) is 52.7 Å². The van der Waals surface area contributed by atoms with E-state index >= 15 is 0 Å². The molecule has 0 bridgehead atoms. The number of rotatable bonds is 6. The van der Waals surface area contributed by atoms with Crippen molar-refractivity contribution in [3.63, 3.8) is 0 Å². The number of aromatic nitrogens is 1. The lowest BCUT2D eigenvalue weighted by Crippen LogP contribution is -2.51. The first-order chi connectivity index (χ1) is 9.97. The fourth-order valence-corrected chi connectivity index (χ4v) is 2.95. The van der Waals surface area contributed by atoms with E-state index in [-0.39, 0.29) is 0 Å². The number of piperazine rings is 1. The summed E-state index contributed by atoms with van der Waals surface area (Å²) in [5, 5.41) is 14.5. The van der Waals surface area contributed by atoms with Crippen molar-refractivity contribution in [3.05, 3.63) is 17.0 Å². The Labute approximate surface area is 127 Å². The molecule has 0 aromatic carbocycles. The minimum Gasteiger partial charge on any atom is -0.389 e. The predicted molar refractivity (Wildman–Crippen MR) is 83.2 cm³/mol. The Hall–Kier alpha value is -0.910. The van der Waals surface area contributed by atoms with Crippen LogP contribution in [0.4, 0.5) is 0 Å². The summed E-state index contributed by atoms with van der Waals surface area (Å²) in [7, 11) is 0. The molecule has 21 heavy (non-hydrogen) atoms. The summed E-state index contributed by atoms with van der Waals surface area (Å²) in [6, 6.07) is 0. The van der Waals surface area contributed by atoms with E-state index in [0.717, 1.165) is 63.6 Å². The quantitative estimate of drug-likeness (QED) is 0.869. The molecule has 1 aliphatic rings. The standard InChI is InChI=1S/C16H29N3O2/c1-5-16(20,6-2)12-19-9-7-18(8-10-19)11-15-13(3)17-21-14(15)4/h20H,5-12H2,1-4H3. The van der Waals surface area contributed by atoms with Gasteiger partial charge in [0.15, 0.2) is 0 Å². The van der Waals surface area contributed by atoms with Gasteiger partial charge in [-0.2, -0.15) is 0 Å². The molecule has 2 heterocycles. The number of hydrogen-bond acceptors (Lipinski definition) is 5. The average molecular weight is 295 g/mol. The van der Waals surface area contributed by atoms with Crippen molar-refractivity contribution in [1.29, 1.82) is 0 Å². The SMILES string of the molecule is CCC(O)(CC)CN1CCN(Cc2c(C)noc2C)CC1. The zero-order valence-corrected chi connectivity index (χ0v) is 13.9. The Morgan fingerprint density at radius 2 is 1.67 bits per heavy atom. The number of hydrogen-bond donors (Lipinski definition) is 1. The summed E-state index contributed by atoms with van der Waals surface area (Å²) in [6.07, 6.45) is 1.64. The van der Waals surface area contributed by atoms with Gasteiger partial charge in [0.25, 0.3) is 0 Å². The van der Waals surface area contributed by atoms with Gasteiger partial charge in [0, 0.05) is 44.8 Å². The Balaban J connectivity index is 1.84. The van der Waals surface area contributed by atoms with E-state index in [4.69, 9.17) is 4.52 Å². The monoisotopic (exact) mass is 295 g/mol. The van der Waals surface area contributed by atoms with E-state index in [1.807, 2.05) is 13.8 Å². The summed E-state index contributed by atoms with van der Waals surface area (Å²) in [5.74, 6) is 0.932. The van der Waals surface area contributed by atoms with Crippen LogP contribution in [0.2, 0.25) is 0 Å². The second kappa shape index (κ2) is 6.90. The van der Waals surface area contributed by atoms with Crippen molar-refractivity contribution in [2.75, 3.05) is 32.7 Å². The molecule has 0 unspecified atom stereocenters. The van der Waals surface area contributed by atoms with Gasteiger partial charge in [0.05, 0.1) is 11.3 Å². The summed E-state index contributed by atoms with van der Waals surface area (Å²) < 4.78 is 5.23. The van der Waals surface area contributed by atoms with E-state index in [0.29, 0.717) is 0 Å². The Kier molecular flexibility index (Phi) is 5.41. The Bertz CT molecular complexity index is 427. The van der Waals surface area contributed by atoms with Crippen molar-refractivity contribution in [1.82, 2.24) is 15.0 Å². The zero-order chi connectivity index (χ0) is 15.5. The van der Waals surface area contributed by atoms with Gasteiger partial charge < -0.3 is 9.63 Å². The highest BCUT2D eigenvalue weighted by molar-refractivity contribution is 5.20. The first-order valence-corrected chi connectivity index (χ1v) is 8.06. The minimum absolute atomic E-state index is 0.524. The van der Waals surface area contributed by atoms with Crippen LogP contribution in [0, 0.1) is 13.8 Å². The van der Waals surface area contributed by atoms with Crippen molar-refractivity contribution in [2.24, 2.45) is 0 Å². The van der Waals surface area contributed by atoms with Gasteiger partial charge in [0.2, 0.25) is 0 Å². The lowest BCUT2D eigenvalue weighted by atomic mass is 9.96. The van der Waals surface area contributed by atoms with E-state index in [9.17, 15) is 5.11 Å². The maximum Gasteiger partial charge on any atom is 0.138 e. The molecule has 0 saturated carbocycles. The van der Waals surface area contributed by atoms with Crippen LogP contribution < -0.4 is 0 Å². The number of nitrogens with zero attached hydrogens (tertiary/aromatic N) is 3. The predicted octanol–water partition coefficient (Wildman–Crippen LogP) is 1.96. The van der Waals surface area contributed by atoms with Gasteiger partial charge in [0.1, 0.15) is 5.76 Å². The molecule has 0 atom stereocenters. The number of aryl methyl sites for hydroxylation is 2. The molecule has 0 amide bonds. The van der Waals surface area contributed by atoms with E-state index in [1.165, 1.54) is 5.56 Å². The van der Waals surface area contributed by atoms with Crippen LogP contribution in [0.3, 0.4) is 0 Å². The van der Waals surface area contributed by atoms with Crippen LogP contribution in [-0.2, 0) is 6.54 Å². The molecule has 1 N–H and O–H groups in total. The molecular weight excluding hydrogens is 266 g/mol. The largest absolute Gasteiger partial charge is 0.389 e. The molecule has 0 radical (unpaired) electrons. The van der Waals surface area contributed by atoms with E-state index < -0.39 is 5.60 Å². The molecule has 120 valence electrons. The fourth-order valence-electron chi connectivity index (χ4n) is 2.95. The highest BCUT2D eigenvalue weighted by Crippen LogP contribution is 2.19. The first kappa shape index (κ1) is 16.5. The van der Waals surface area contributed by atoms with Gasteiger partial charge in [-0.05, 0) is 26.7 Å². The molecule has 0 aliphatic carbocycles. The molecule has 2 rings (SSSR count). The number of aliphatic hydroxyl groups is 1. The number of β-amino-alcohol motifs (C(OH)–C–C–N with tert-alkyl or cyclic N) is 1. The average Bonchev–Trinajstić information content (AvgIpc) is 2.81. The van der Waals surface area contributed by atoms with Crippen LogP contribution in [0.15, 0.2) is 4.52 Å². The molecule has 1 aliphatic heterocycles. The van der Waals surface area contributed by atoms with Crippen LogP contribution in [-0.4, -0.2) is 58.4 Å². The molecule has 5 nitrogen and oxygen atoms in total. The van der Waals surface area contributed by atoms with Gasteiger partial charge in [-0.25, -0.2) is 0 Å². The molecule has 1 aromatic heterocycles. The van der Waals surface area contributed by atoms with E-state index in [1.54, 1.807) is 0 Å². The molecule has 0 spiro atoms. The highest BCUT2D eigenvalue weighted by atomic mass is 16.5. The lowest BCUT2D eigenvalue weighted by Gasteiger charge is -2.39. The molecular formula is C16H29N3O2. The summed E-state index contributed by atoms with van der Waals surface area (Å²) >= 11 is 0. The zero-order valence-electron chi connectivity index (χ0n) is 13.9. The molecule has 5 heteroatoms. The third-order valence-electron chi connectivity index (χ3n) is 4.86. The van der Waals surface area contributed by atoms with Gasteiger partial charge >= 0.3 is 0 Å². The molecule has 1 aromatic rings. The summed E-state index contributed by atoms with van der Waals surface area (Å²) in [5.41, 5.74) is 1.70. The van der Waals surface area contributed by atoms with Crippen molar-refractivity contribution in [3.8, 4) is 0 Å². The van der Waals surface area contributed by atoms with Crippen LogP contribution in [0.5, 0.6) is 0 Å². The van der Waals surface area contributed by atoms with Crippen LogP contribution >= 0.6 is 0 Å². The van der Waals surface area contributed by atoms with Crippen molar-refractivity contribution < 1.29 is 9.63 Å². The normalized spacial score (nSPS) is 18.3. The maximum absolute atomic E-state index is 10.5. The second-order valence-corrected chi connectivity index (χ2v) is 6.29. The van der Waals surface area contributed by atoms with Crippen LogP contribution in [0.25, 0.3) is 0 Å². The van der Waals surface area contributed by atoms with Gasteiger partial charge in [-0.1, -0.05) is 19.0 Å². The van der Waals surface area contributed by atoms with Crippen molar-refractivity contribution >= 4 is 0 Å². The first-order valence-electron chi connectivity index (χ1n) is 8.06.